The predicted octanol–water partition coefficient (Wildman–Crippen LogP) is -1.21. The van der Waals surface area contributed by atoms with Crippen molar-refractivity contribution in [1.29, 1.82) is 0 Å². The molecule has 0 radical (unpaired) electrons. The molecule has 0 bridgehead atoms. The highest BCUT2D eigenvalue weighted by atomic mass is 16.2. The van der Waals surface area contributed by atoms with Gasteiger partial charge in [-0.2, -0.15) is 0 Å². The molecule has 1 aromatic rings. The Kier molecular flexibility index (Phi) is 1.21. The van der Waals surface area contributed by atoms with Crippen LogP contribution in [0.25, 0.3) is 0 Å². The number of ketones is 2. The number of fused-ring (bicyclic) bond motifs is 2. The van der Waals surface area contributed by atoms with Crippen molar-refractivity contribution >= 4 is 28.7 Å². The van der Waals surface area contributed by atoms with Gasteiger partial charge in [0.05, 0.1) is 0 Å². The molecule has 0 amide bonds. The first-order valence-electron chi connectivity index (χ1n) is 4.35. The van der Waals surface area contributed by atoms with Crippen LogP contribution >= 0.6 is 0 Å². The molecule has 1 aliphatic carbocycles. The van der Waals surface area contributed by atoms with Crippen LogP contribution in [-0.4, -0.2) is 23.3 Å². The molecule has 1 atom stereocenters. The lowest BCUT2D eigenvalue weighted by Gasteiger charge is -2.25. The van der Waals surface area contributed by atoms with Gasteiger partial charge in [0.15, 0.2) is 6.04 Å². The Morgan fingerprint density at radius 1 is 1.21 bits per heavy atom. The van der Waals surface area contributed by atoms with E-state index in [1.807, 2.05) is 24.3 Å². The second-order valence-corrected chi connectivity index (χ2v) is 3.35. The zero-order valence-electron chi connectivity index (χ0n) is 7.20. The topological polar surface area (TPSA) is 60.1 Å². The fraction of sp³-hybridized carbons (Fsp3) is 0.100. The van der Waals surface area contributed by atoms with Crippen molar-refractivity contribution < 1.29 is 14.6 Å². The van der Waals surface area contributed by atoms with Crippen LogP contribution in [0, 0.1) is 0 Å². The third kappa shape index (κ3) is 0.750. The van der Waals surface area contributed by atoms with Crippen molar-refractivity contribution in [3.8, 4) is 0 Å². The Morgan fingerprint density at radius 2 is 2.00 bits per heavy atom. The van der Waals surface area contributed by atoms with Crippen LogP contribution < -0.4 is 10.3 Å². The van der Waals surface area contributed by atoms with Gasteiger partial charge >= 0.3 is 0 Å². The summed E-state index contributed by atoms with van der Waals surface area (Å²) in [5.74, 6) is -0.765. The van der Waals surface area contributed by atoms with E-state index in [-0.39, 0.29) is 5.78 Å². The monoisotopic (exact) mass is 187 g/mol. The van der Waals surface area contributed by atoms with Crippen molar-refractivity contribution in [2.75, 3.05) is 5.32 Å². The van der Waals surface area contributed by atoms with Crippen molar-refractivity contribution in [2.24, 2.45) is 0 Å². The van der Waals surface area contributed by atoms with Crippen LogP contribution in [0.5, 0.6) is 0 Å². The van der Waals surface area contributed by atoms with Crippen molar-refractivity contribution in [3.05, 3.63) is 24.3 Å². The Bertz CT molecular complexity index is 491. The van der Waals surface area contributed by atoms with Crippen LogP contribution in [0.2, 0.25) is 0 Å². The summed E-state index contributed by atoms with van der Waals surface area (Å²) in [4.78, 5) is 25.2. The van der Waals surface area contributed by atoms with Gasteiger partial charge in [-0.05, 0) is 6.07 Å². The molecular formula is C10H7N2O2+. The van der Waals surface area contributed by atoms with Gasteiger partial charge in [0.25, 0.3) is 11.5 Å². The number of anilines is 1. The highest BCUT2D eigenvalue weighted by Crippen LogP contribution is 2.22. The molecule has 68 valence electrons. The minimum absolute atomic E-state index is 0.359. The maximum Gasteiger partial charge on any atom is 0.293 e. The molecule has 1 saturated carbocycles. The summed E-state index contributed by atoms with van der Waals surface area (Å²) in [7, 11) is 0. The second kappa shape index (κ2) is 2.29. The molecule has 4 nitrogen and oxygen atoms in total. The minimum atomic E-state index is -0.447. The normalized spacial score (nSPS) is 22.9. The van der Waals surface area contributed by atoms with E-state index in [2.05, 4.69) is 10.3 Å². The number of benzene rings is 1. The summed E-state index contributed by atoms with van der Waals surface area (Å²) >= 11 is 0. The standard InChI is InChI=1S/C10H6N2O2/c13-9-7-8(10(9)14)12-6-4-2-1-3-5(6)11-7/h1-4,7,11H/p+1. The van der Waals surface area contributed by atoms with E-state index in [4.69, 9.17) is 0 Å². The molecule has 1 fully saturated rings. The van der Waals surface area contributed by atoms with Gasteiger partial charge in [0.1, 0.15) is 5.69 Å². The molecule has 1 aromatic carbocycles. The van der Waals surface area contributed by atoms with Crippen LogP contribution in [-0.2, 0) is 9.59 Å². The van der Waals surface area contributed by atoms with Gasteiger partial charge in [0, 0.05) is 6.07 Å². The van der Waals surface area contributed by atoms with E-state index < -0.39 is 11.8 Å². The number of rotatable bonds is 0. The summed E-state index contributed by atoms with van der Waals surface area (Å²) in [6.07, 6.45) is 0. The number of hydrogen-bond donors (Lipinski definition) is 2. The zero-order valence-corrected chi connectivity index (χ0v) is 7.20. The van der Waals surface area contributed by atoms with Gasteiger partial charge < -0.3 is 5.32 Å². The number of para-hydroxylation sites is 2. The number of nitrogens with one attached hydrogen (secondary N) is 2. The van der Waals surface area contributed by atoms with Gasteiger partial charge in [0.2, 0.25) is 11.5 Å². The molecule has 0 saturated heterocycles. The predicted molar refractivity (Wildman–Crippen MR) is 49.5 cm³/mol. The van der Waals surface area contributed by atoms with Crippen molar-refractivity contribution in [3.63, 3.8) is 0 Å². The van der Waals surface area contributed by atoms with E-state index in [0.717, 1.165) is 11.4 Å². The molecule has 2 aliphatic rings. The average Bonchev–Trinajstić information content (AvgIpc) is 2.26. The summed E-state index contributed by atoms with van der Waals surface area (Å²) in [5.41, 5.74) is 2.18. The fourth-order valence-corrected chi connectivity index (χ4v) is 1.73. The lowest BCUT2D eigenvalue weighted by Crippen LogP contribution is -2.82. The SMILES string of the molecule is O=C1C(=O)C2Nc3ccccc3[NH+]=C12. The van der Waals surface area contributed by atoms with Gasteiger partial charge in [-0.25, -0.2) is 4.99 Å². The van der Waals surface area contributed by atoms with E-state index >= 15 is 0 Å². The highest BCUT2D eigenvalue weighted by molar-refractivity contribution is 6.79. The van der Waals surface area contributed by atoms with Crippen molar-refractivity contribution in [1.82, 2.24) is 0 Å². The molecular weight excluding hydrogens is 180 g/mol. The third-order valence-electron chi connectivity index (χ3n) is 2.52. The Morgan fingerprint density at radius 3 is 2.86 bits per heavy atom. The molecule has 3 rings (SSSR count). The molecule has 1 unspecified atom stereocenters. The van der Waals surface area contributed by atoms with Gasteiger partial charge in [-0.15, -0.1) is 0 Å². The Labute approximate surface area is 79.6 Å². The van der Waals surface area contributed by atoms with E-state index in [1.165, 1.54) is 0 Å². The summed E-state index contributed by atoms with van der Waals surface area (Å²) < 4.78 is 0. The minimum Gasteiger partial charge on any atom is -0.361 e. The van der Waals surface area contributed by atoms with E-state index in [9.17, 15) is 9.59 Å². The number of carbonyl (C=O) groups excluding carboxylic acids is 2. The first kappa shape index (κ1) is 7.44. The third-order valence-corrected chi connectivity index (χ3v) is 2.52. The average molecular weight is 187 g/mol. The number of Topliss-reactive ketones (excluding diaryl/α,β-unsaturated/α-hetero) is 2. The Balaban J connectivity index is 2.15. The Hall–Kier alpha value is -1.97. The van der Waals surface area contributed by atoms with Crippen LogP contribution in [0.15, 0.2) is 24.3 Å². The number of carbonyl (C=O) groups is 2. The smallest absolute Gasteiger partial charge is 0.293 e. The van der Waals surface area contributed by atoms with Crippen molar-refractivity contribution in [2.45, 2.75) is 6.04 Å². The molecule has 0 aromatic heterocycles. The van der Waals surface area contributed by atoms with Gasteiger partial charge in [-0.1, -0.05) is 12.1 Å². The maximum absolute atomic E-state index is 11.1. The quantitative estimate of drug-likeness (QED) is 0.501. The zero-order chi connectivity index (χ0) is 9.71. The second-order valence-electron chi connectivity index (χ2n) is 3.35. The molecule has 0 spiro atoms. The number of hydrogen-bond acceptors (Lipinski definition) is 3. The van der Waals surface area contributed by atoms with Crippen LogP contribution in [0.3, 0.4) is 0 Å². The molecule has 2 N–H and O–H groups in total. The summed E-state index contributed by atoms with van der Waals surface area (Å²) in [6.45, 7) is 0. The lowest BCUT2D eigenvalue weighted by atomic mass is 9.85. The summed E-state index contributed by atoms with van der Waals surface area (Å²) in [5, 5.41) is 3.01. The summed E-state index contributed by atoms with van der Waals surface area (Å²) in [6, 6.07) is 7.04. The largest absolute Gasteiger partial charge is 0.361 e. The first-order valence-corrected chi connectivity index (χ1v) is 4.35. The molecule has 1 aliphatic heterocycles. The van der Waals surface area contributed by atoms with Crippen LogP contribution in [0.4, 0.5) is 11.4 Å². The lowest BCUT2D eigenvalue weighted by molar-refractivity contribution is -0.356. The van der Waals surface area contributed by atoms with E-state index in [1.54, 1.807) is 0 Å². The molecule has 1 heterocycles. The van der Waals surface area contributed by atoms with Crippen LogP contribution in [0.1, 0.15) is 0 Å². The van der Waals surface area contributed by atoms with Gasteiger partial charge in [-0.3, -0.25) is 9.59 Å². The molecule has 4 heteroatoms. The maximum atomic E-state index is 11.1. The molecule has 14 heavy (non-hydrogen) atoms. The fourth-order valence-electron chi connectivity index (χ4n) is 1.73. The highest BCUT2D eigenvalue weighted by Gasteiger charge is 2.53. The van der Waals surface area contributed by atoms with E-state index in [0.29, 0.717) is 5.71 Å². The first-order chi connectivity index (χ1) is 6.77.